The molecule has 21 heavy (non-hydrogen) atoms. The van der Waals surface area contributed by atoms with Crippen molar-refractivity contribution in [3.8, 4) is 0 Å². The fourth-order valence-electron chi connectivity index (χ4n) is 1.17. The lowest BCUT2D eigenvalue weighted by molar-refractivity contribution is 0.141. The number of hydrogen-bond acceptors (Lipinski definition) is 3. The second-order valence-electron chi connectivity index (χ2n) is 9.75. The van der Waals surface area contributed by atoms with Crippen LogP contribution in [0.1, 0.15) is 48.5 Å². The van der Waals surface area contributed by atoms with Crippen molar-refractivity contribution >= 4 is 16.6 Å². The highest BCUT2D eigenvalue weighted by atomic mass is 28.4. The van der Waals surface area contributed by atoms with Crippen molar-refractivity contribution in [3.05, 3.63) is 0 Å². The Morgan fingerprint density at radius 2 is 0.905 bits per heavy atom. The standard InChI is InChI=1S/C16H39NO2Si2/c1-14(2,3)20(8,9)18-12-16(7,17)13-19-21(10,11)15(4,5)6/h12-13,17H2,1-11H3. The summed E-state index contributed by atoms with van der Waals surface area (Å²) in [5, 5.41) is 0.423. The van der Waals surface area contributed by atoms with Crippen LogP contribution in [0.2, 0.25) is 36.3 Å². The highest BCUT2D eigenvalue weighted by Crippen LogP contribution is 2.38. The van der Waals surface area contributed by atoms with Crippen molar-refractivity contribution in [2.24, 2.45) is 5.73 Å². The second kappa shape index (κ2) is 6.44. The lowest BCUT2D eigenvalue weighted by atomic mass is 10.1. The van der Waals surface area contributed by atoms with Gasteiger partial charge in [-0.1, -0.05) is 41.5 Å². The van der Waals surface area contributed by atoms with Crippen molar-refractivity contribution in [2.75, 3.05) is 13.2 Å². The summed E-state index contributed by atoms with van der Waals surface area (Å²) < 4.78 is 12.5. The Hall–Kier alpha value is 0.314. The molecule has 0 aromatic heterocycles. The van der Waals surface area contributed by atoms with E-state index in [1.807, 2.05) is 6.92 Å². The van der Waals surface area contributed by atoms with Crippen LogP contribution in [0.3, 0.4) is 0 Å². The molecule has 0 aliphatic heterocycles. The molecule has 0 atom stereocenters. The van der Waals surface area contributed by atoms with Crippen molar-refractivity contribution < 1.29 is 8.85 Å². The van der Waals surface area contributed by atoms with E-state index in [-0.39, 0.29) is 10.1 Å². The third-order valence-electron chi connectivity index (χ3n) is 5.14. The van der Waals surface area contributed by atoms with Gasteiger partial charge in [0.25, 0.3) is 0 Å². The zero-order valence-electron chi connectivity index (χ0n) is 16.3. The van der Waals surface area contributed by atoms with Crippen LogP contribution in [0.25, 0.3) is 0 Å². The van der Waals surface area contributed by atoms with Crippen LogP contribution < -0.4 is 5.73 Å². The molecule has 3 nitrogen and oxygen atoms in total. The molecule has 0 aliphatic carbocycles. The minimum absolute atomic E-state index is 0.212. The van der Waals surface area contributed by atoms with E-state index >= 15 is 0 Å². The van der Waals surface area contributed by atoms with E-state index in [9.17, 15) is 0 Å². The van der Waals surface area contributed by atoms with E-state index < -0.39 is 22.2 Å². The molecule has 0 rings (SSSR count). The van der Waals surface area contributed by atoms with Gasteiger partial charge in [0, 0.05) is 0 Å². The van der Waals surface area contributed by atoms with E-state index in [0.717, 1.165) is 0 Å². The predicted octanol–water partition coefficient (Wildman–Crippen LogP) is 4.75. The molecule has 0 saturated heterocycles. The van der Waals surface area contributed by atoms with Crippen LogP contribution in [-0.2, 0) is 8.85 Å². The third-order valence-corrected chi connectivity index (χ3v) is 14.1. The van der Waals surface area contributed by atoms with Crippen molar-refractivity contribution in [1.29, 1.82) is 0 Å². The monoisotopic (exact) mass is 333 g/mol. The zero-order chi connectivity index (χ0) is 17.3. The predicted molar refractivity (Wildman–Crippen MR) is 98.9 cm³/mol. The molecular formula is C16H39NO2Si2. The second-order valence-corrected chi connectivity index (χ2v) is 19.4. The quantitative estimate of drug-likeness (QED) is 0.714. The van der Waals surface area contributed by atoms with Crippen LogP contribution in [0.5, 0.6) is 0 Å². The van der Waals surface area contributed by atoms with Crippen LogP contribution in [0.15, 0.2) is 0 Å². The molecule has 0 aromatic carbocycles. The van der Waals surface area contributed by atoms with Gasteiger partial charge in [-0.15, -0.1) is 0 Å². The van der Waals surface area contributed by atoms with Gasteiger partial charge in [-0.05, 0) is 43.2 Å². The van der Waals surface area contributed by atoms with Crippen molar-refractivity contribution in [2.45, 2.75) is 90.3 Å². The lowest BCUT2D eigenvalue weighted by Crippen LogP contribution is -2.54. The first kappa shape index (κ1) is 21.3. The van der Waals surface area contributed by atoms with Crippen molar-refractivity contribution in [3.63, 3.8) is 0 Å². The van der Waals surface area contributed by atoms with Gasteiger partial charge in [0.05, 0.1) is 18.8 Å². The molecule has 0 amide bonds. The molecule has 0 bridgehead atoms. The van der Waals surface area contributed by atoms with Gasteiger partial charge in [0.1, 0.15) is 0 Å². The Morgan fingerprint density at radius 1 is 0.667 bits per heavy atom. The first-order valence-corrected chi connectivity index (χ1v) is 13.8. The molecule has 128 valence electrons. The summed E-state index contributed by atoms with van der Waals surface area (Å²) in [7, 11) is -3.50. The minimum atomic E-state index is -1.75. The molecule has 0 saturated carbocycles. The van der Waals surface area contributed by atoms with Crippen LogP contribution in [-0.4, -0.2) is 35.4 Å². The molecule has 0 spiro atoms. The largest absolute Gasteiger partial charge is 0.415 e. The fraction of sp³-hybridized carbons (Fsp3) is 1.00. The Kier molecular flexibility index (Phi) is 6.53. The van der Waals surface area contributed by atoms with Crippen molar-refractivity contribution in [1.82, 2.24) is 0 Å². The molecule has 0 aliphatic rings. The van der Waals surface area contributed by atoms with Gasteiger partial charge < -0.3 is 14.6 Å². The van der Waals surface area contributed by atoms with Gasteiger partial charge in [-0.3, -0.25) is 0 Å². The average molecular weight is 334 g/mol. The summed E-state index contributed by atoms with van der Waals surface area (Å²) in [6.45, 7) is 25.7. The molecule has 2 N–H and O–H groups in total. The summed E-state index contributed by atoms with van der Waals surface area (Å²) in [5.74, 6) is 0. The Balaban J connectivity index is 4.60. The van der Waals surface area contributed by atoms with E-state index in [1.54, 1.807) is 0 Å². The highest BCUT2D eigenvalue weighted by Gasteiger charge is 2.41. The highest BCUT2D eigenvalue weighted by molar-refractivity contribution is 6.74. The lowest BCUT2D eigenvalue weighted by Gasteiger charge is -2.41. The Morgan fingerprint density at radius 3 is 1.10 bits per heavy atom. The average Bonchev–Trinajstić information content (AvgIpc) is 2.21. The maximum absolute atomic E-state index is 6.41. The first-order chi connectivity index (χ1) is 8.91. The SMILES string of the molecule is CC(N)(CO[Si](C)(C)C(C)(C)C)CO[Si](C)(C)C(C)(C)C. The minimum Gasteiger partial charge on any atom is -0.415 e. The normalized spacial score (nSPS) is 15.4. The summed E-state index contributed by atoms with van der Waals surface area (Å²) in [6, 6.07) is 0. The zero-order valence-corrected chi connectivity index (χ0v) is 18.3. The maximum Gasteiger partial charge on any atom is 0.192 e. The van der Waals surface area contributed by atoms with Crippen LogP contribution in [0, 0.1) is 0 Å². The van der Waals surface area contributed by atoms with Crippen LogP contribution in [0.4, 0.5) is 0 Å². The van der Waals surface area contributed by atoms with Crippen LogP contribution >= 0.6 is 0 Å². The molecule has 0 aromatic rings. The Labute approximate surface area is 135 Å². The summed E-state index contributed by atoms with van der Waals surface area (Å²) >= 11 is 0. The number of hydrogen-bond donors (Lipinski definition) is 1. The smallest absolute Gasteiger partial charge is 0.192 e. The topological polar surface area (TPSA) is 44.5 Å². The number of nitrogens with two attached hydrogens (primary N) is 1. The molecule has 0 heterocycles. The fourth-order valence-corrected chi connectivity index (χ4v) is 3.41. The molecule has 0 radical (unpaired) electrons. The molecular weight excluding hydrogens is 294 g/mol. The van der Waals surface area contributed by atoms with E-state index in [0.29, 0.717) is 13.2 Å². The van der Waals surface area contributed by atoms with Gasteiger partial charge in [-0.25, -0.2) is 0 Å². The van der Waals surface area contributed by atoms with Gasteiger partial charge in [-0.2, -0.15) is 0 Å². The van der Waals surface area contributed by atoms with E-state index in [1.165, 1.54) is 0 Å². The van der Waals surface area contributed by atoms with Gasteiger partial charge >= 0.3 is 0 Å². The molecule has 5 heteroatoms. The third kappa shape index (κ3) is 6.52. The number of rotatable bonds is 6. The van der Waals surface area contributed by atoms with E-state index in [4.69, 9.17) is 14.6 Å². The summed E-state index contributed by atoms with van der Waals surface area (Å²) in [4.78, 5) is 0. The molecule has 0 unspecified atom stereocenters. The summed E-state index contributed by atoms with van der Waals surface area (Å²) in [5.41, 5.74) is 5.99. The molecule has 0 fully saturated rings. The maximum atomic E-state index is 6.41. The Bertz CT molecular complexity index is 307. The van der Waals surface area contributed by atoms with E-state index in [2.05, 4.69) is 67.7 Å². The summed E-state index contributed by atoms with van der Waals surface area (Å²) in [6.07, 6.45) is 0. The van der Waals surface area contributed by atoms with Gasteiger partial charge in [0.2, 0.25) is 0 Å². The first-order valence-electron chi connectivity index (χ1n) is 7.98. The van der Waals surface area contributed by atoms with Gasteiger partial charge in [0.15, 0.2) is 16.6 Å².